The van der Waals surface area contributed by atoms with Crippen molar-refractivity contribution in [2.45, 2.75) is 38.4 Å². The molecule has 1 aliphatic heterocycles. The number of aliphatic carboxylic acids is 1. The minimum absolute atomic E-state index is 0.309. The Hall–Kier alpha value is -0.180. The fourth-order valence-electron chi connectivity index (χ4n) is 1.45. The van der Waals surface area contributed by atoms with Gasteiger partial charge in [-0.25, -0.2) is 0 Å². The van der Waals surface area contributed by atoms with Gasteiger partial charge in [0, 0.05) is 5.25 Å². The molecule has 1 aliphatic rings. The molecule has 1 N–H and O–H groups in total. The molecule has 0 aromatic heterocycles. The molecular weight excluding hydrogens is 172 g/mol. The second kappa shape index (κ2) is 3.69. The minimum Gasteiger partial charge on any atom is -0.481 e. The van der Waals surface area contributed by atoms with Crippen LogP contribution in [0, 0.1) is 5.41 Å². The van der Waals surface area contributed by atoms with Crippen LogP contribution in [-0.4, -0.2) is 22.1 Å². The van der Waals surface area contributed by atoms with Crippen molar-refractivity contribution in [1.82, 2.24) is 0 Å². The van der Waals surface area contributed by atoms with Crippen molar-refractivity contribution in [3.05, 3.63) is 0 Å². The van der Waals surface area contributed by atoms with Crippen molar-refractivity contribution < 1.29 is 9.90 Å². The summed E-state index contributed by atoms with van der Waals surface area (Å²) in [7, 11) is 0. The molecule has 0 amide bonds. The molecule has 0 radical (unpaired) electrons. The topological polar surface area (TPSA) is 37.3 Å². The van der Waals surface area contributed by atoms with Gasteiger partial charge in [-0.3, -0.25) is 4.79 Å². The smallest absolute Gasteiger partial charge is 0.310 e. The lowest BCUT2D eigenvalue weighted by molar-refractivity contribution is -0.146. The first-order chi connectivity index (χ1) is 5.55. The Balaban J connectivity index is 2.59. The average molecular weight is 188 g/mol. The van der Waals surface area contributed by atoms with E-state index < -0.39 is 11.4 Å². The second-order valence-corrected chi connectivity index (χ2v) is 5.19. The summed E-state index contributed by atoms with van der Waals surface area (Å²) in [6.45, 7) is 3.66. The van der Waals surface area contributed by atoms with Gasteiger partial charge in [-0.2, -0.15) is 11.8 Å². The van der Waals surface area contributed by atoms with Crippen molar-refractivity contribution in [2.24, 2.45) is 5.41 Å². The number of carboxylic acid groups (broad SMARTS) is 1. The molecule has 0 aromatic rings. The van der Waals surface area contributed by atoms with E-state index in [2.05, 4.69) is 0 Å². The standard InChI is InChI=1S/C9H16O2S/c1-9(2,8(10)11)7-5-3-4-6-12-7/h7H,3-6H2,1-2H3,(H,10,11). The normalized spacial score (nSPS) is 25.3. The van der Waals surface area contributed by atoms with E-state index in [9.17, 15) is 4.79 Å². The maximum atomic E-state index is 10.9. The van der Waals surface area contributed by atoms with Gasteiger partial charge in [-0.15, -0.1) is 0 Å². The molecule has 0 saturated carbocycles. The third-order valence-electron chi connectivity index (χ3n) is 2.54. The van der Waals surface area contributed by atoms with Crippen LogP contribution in [0.3, 0.4) is 0 Å². The fourth-order valence-corrected chi connectivity index (χ4v) is 2.95. The zero-order chi connectivity index (χ0) is 9.19. The maximum absolute atomic E-state index is 10.9. The molecule has 0 aromatic carbocycles. The SMILES string of the molecule is CC(C)(C(=O)O)C1CCCCS1. The van der Waals surface area contributed by atoms with E-state index in [1.807, 2.05) is 25.6 Å². The zero-order valence-electron chi connectivity index (χ0n) is 7.67. The summed E-state index contributed by atoms with van der Waals surface area (Å²) >= 11 is 1.82. The quantitative estimate of drug-likeness (QED) is 0.723. The third-order valence-corrected chi connectivity index (χ3v) is 4.29. The Morgan fingerprint density at radius 3 is 2.58 bits per heavy atom. The molecule has 1 saturated heterocycles. The second-order valence-electron chi connectivity index (χ2n) is 3.88. The molecule has 1 fully saturated rings. The van der Waals surface area contributed by atoms with Crippen LogP contribution >= 0.6 is 11.8 Å². The molecule has 2 nitrogen and oxygen atoms in total. The molecule has 0 bridgehead atoms. The zero-order valence-corrected chi connectivity index (χ0v) is 8.49. The van der Waals surface area contributed by atoms with Crippen molar-refractivity contribution in [2.75, 3.05) is 5.75 Å². The lowest BCUT2D eigenvalue weighted by Gasteiger charge is -2.32. The van der Waals surface area contributed by atoms with Crippen molar-refractivity contribution in [3.63, 3.8) is 0 Å². The largest absolute Gasteiger partial charge is 0.481 e. The lowest BCUT2D eigenvalue weighted by atomic mass is 9.86. The Morgan fingerprint density at radius 1 is 1.50 bits per heavy atom. The molecule has 0 spiro atoms. The summed E-state index contributed by atoms with van der Waals surface area (Å²) in [6, 6.07) is 0. The summed E-state index contributed by atoms with van der Waals surface area (Å²) in [5, 5.41) is 9.29. The van der Waals surface area contributed by atoms with Crippen LogP contribution in [0.25, 0.3) is 0 Å². The summed E-state index contributed by atoms with van der Waals surface area (Å²) in [4.78, 5) is 10.9. The van der Waals surface area contributed by atoms with Gasteiger partial charge in [0.1, 0.15) is 0 Å². The van der Waals surface area contributed by atoms with Crippen molar-refractivity contribution in [3.8, 4) is 0 Å². The molecule has 12 heavy (non-hydrogen) atoms. The predicted octanol–water partition coefficient (Wildman–Crippen LogP) is 2.38. The molecule has 1 atom stereocenters. The first-order valence-corrected chi connectivity index (χ1v) is 5.45. The highest BCUT2D eigenvalue weighted by Crippen LogP contribution is 2.38. The number of carbonyl (C=O) groups is 1. The van der Waals surface area contributed by atoms with E-state index in [1.54, 1.807) is 0 Å². The number of carboxylic acids is 1. The third kappa shape index (κ3) is 1.94. The van der Waals surface area contributed by atoms with Gasteiger partial charge in [0.25, 0.3) is 0 Å². The van der Waals surface area contributed by atoms with E-state index in [0.717, 1.165) is 12.2 Å². The summed E-state index contributed by atoms with van der Waals surface area (Å²) < 4.78 is 0. The van der Waals surface area contributed by atoms with E-state index in [-0.39, 0.29) is 0 Å². The van der Waals surface area contributed by atoms with Gasteiger partial charge in [-0.1, -0.05) is 6.42 Å². The van der Waals surface area contributed by atoms with Crippen LogP contribution in [-0.2, 0) is 4.79 Å². The maximum Gasteiger partial charge on any atom is 0.310 e. The highest BCUT2D eigenvalue weighted by Gasteiger charge is 2.37. The molecule has 70 valence electrons. The van der Waals surface area contributed by atoms with Crippen LogP contribution in [0.4, 0.5) is 0 Å². The van der Waals surface area contributed by atoms with Gasteiger partial charge in [-0.05, 0) is 32.4 Å². The van der Waals surface area contributed by atoms with Gasteiger partial charge < -0.3 is 5.11 Å². The lowest BCUT2D eigenvalue weighted by Crippen LogP contribution is -2.36. The number of hydrogen-bond donors (Lipinski definition) is 1. The molecule has 0 aliphatic carbocycles. The molecular formula is C9H16O2S. The van der Waals surface area contributed by atoms with E-state index in [4.69, 9.17) is 5.11 Å². The van der Waals surface area contributed by atoms with E-state index in [1.165, 1.54) is 12.8 Å². The molecule has 1 heterocycles. The van der Waals surface area contributed by atoms with Crippen LogP contribution in [0.2, 0.25) is 0 Å². The summed E-state index contributed by atoms with van der Waals surface area (Å²) in [5.41, 5.74) is -0.551. The van der Waals surface area contributed by atoms with Gasteiger partial charge in [0.2, 0.25) is 0 Å². The van der Waals surface area contributed by atoms with Crippen molar-refractivity contribution in [1.29, 1.82) is 0 Å². The number of hydrogen-bond acceptors (Lipinski definition) is 2. The highest BCUT2D eigenvalue weighted by molar-refractivity contribution is 8.00. The van der Waals surface area contributed by atoms with Crippen molar-refractivity contribution >= 4 is 17.7 Å². The van der Waals surface area contributed by atoms with Crippen LogP contribution in [0.5, 0.6) is 0 Å². The van der Waals surface area contributed by atoms with E-state index in [0.29, 0.717) is 5.25 Å². The van der Waals surface area contributed by atoms with E-state index >= 15 is 0 Å². The summed E-state index contributed by atoms with van der Waals surface area (Å²) in [6.07, 6.45) is 3.50. The van der Waals surface area contributed by atoms with Crippen LogP contribution in [0.1, 0.15) is 33.1 Å². The Kier molecular flexibility index (Phi) is 3.04. The van der Waals surface area contributed by atoms with Crippen LogP contribution in [0.15, 0.2) is 0 Å². The molecule has 1 rings (SSSR count). The predicted molar refractivity (Wildman–Crippen MR) is 51.5 cm³/mol. The van der Waals surface area contributed by atoms with Gasteiger partial charge in [0.05, 0.1) is 5.41 Å². The minimum atomic E-state index is -0.665. The Bertz CT molecular complexity index is 171. The fraction of sp³-hybridized carbons (Fsp3) is 0.889. The Morgan fingerprint density at radius 2 is 2.17 bits per heavy atom. The summed E-state index contributed by atoms with van der Waals surface area (Å²) in [5.74, 6) is 0.461. The highest BCUT2D eigenvalue weighted by atomic mass is 32.2. The molecule has 3 heteroatoms. The van der Waals surface area contributed by atoms with Crippen LogP contribution < -0.4 is 0 Å². The first kappa shape index (κ1) is 9.90. The number of thioether (sulfide) groups is 1. The first-order valence-electron chi connectivity index (χ1n) is 4.40. The monoisotopic (exact) mass is 188 g/mol. The van der Waals surface area contributed by atoms with Gasteiger partial charge >= 0.3 is 5.97 Å². The Labute approximate surface area is 77.7 Å². The number of rotatable bonds is 2. The molecule has 1 unspecified atom stereocenters. The average Bonchev–Trinajstić information content (AvgIpc) is 2.06. The van der Waals surface area contributed by atoms with Gasteiger partial charge in [0.15, 0.2) is 0 Å².